The highest BCUT2D eigenvalue weighted by molar-refractivity contribution is 7.91. The molecule has 7 heteroatoms. The first-order chi connectivity index (χ1) is 10.5. The third kappa shape index (κ3) is 3.63. The summed E-state index contributed by atoms with van der Waals surface area (Å²) >= 11 is 5.79. The van der Waals surface area contributed by atoms with Crippen LogP contribution in [0.5, 0.6) is 0 Å². The second-order valence-corrected chi connectivity index (χ2v) is 8.27. The fourth-order valence-electron chi connectivity index (χ4n) is 2.91. The third-order valence-corrected chi connectivity index (χ3v) is 6.24. The fourth-order valence-corrected chi connectivity index (χ4v) is 4.32. The Morgan fingerprint density at radius 1 is 1.09 bits per heavy atom. The molecule has 1 spiro atoms. The van der Waals surface area contributed by atoms with Crippen LogP contribution in [0.3, 0.4) is 0 Å². The summed E-state index contributed by atoms with van der Waals surface area (Å²) in [6.07, 6.45) is 1.60. The van der Waals surface area contributed by atoms with Crippen LogP contribution in [0, 0.1) is 0 Å². The predicted octanol–water partition coefficient (Wildman–Crippen LogP) is 1.95. The van der Waals surface area contributed by atoms with Gasteiger partial charge in [0.1, 0.15) is 0 Å². The standard InChI is InChI=1S/C15H20ClNO4S/c16-13-1-3-14(4-2-13)22(18,19)12-9-17-7-5-15(6-8-17)20-10-11-21-15/h1-4H,5-12H2. The van der Waals surface area contributed by atoms with Crippen LogP contribution in [-0.2, 0) is 19.3 Å². The molecular weight excluding hydrogens is 326 g/mol. The van der Waals surface area contributed by atoms with Crippen molar-refractivity contribution < 1.29 is 17.9 Å². The highest BCUT2D eigenvalue weighted by atomic mass is 35.5. The number of hydrogen-bond acceptors (Lipinski definition) is 5. The minimum atomic E-state index is -3.27. The Hall–Kier alpha value is -0.660. The van der Waals surface area contributed by atoms with E-state index in [2.05, 4.69) is 4.90 Å². The van der Waals surface area contributed by atoms with Crippen LogP contribution >= 0.6 is 11.6 Å². The summed E-state index contributed by atoms with van der Waals surface area (Å²) in [6, 6.07) is 6.33. The summed E-state index contributed by atoms with van der Waals surface area (Å²) in [7, 11) is -3.27. The summed E-state index contributed by atoms with van der Waals surface area (Å²) in [5.74, 6) is -0.297. The first-order valence-corrected chi connectivity index (χ1v) is 9.51. The molecule has 2 saturated heterocycles. The van der Waals surface area contributed by atoms with Crippen molar-refractivity contribution in [1.82, 2.24) is 4.90 Å². The van der Waals surface area contributed by atoms with Gasteiger partial charge in [0, 0.05) is 37.5 Å². The zero-order valence-electron chi connectivity index (χ0n) is 12.3. The Morgan fingerprint density at radius 3 is 2.27 bits per heavy atom. The predicted molar refractivity (Wildman–Crippen MR) is 83.8 cm³/mol. The van der Waals surface area contributed by atoms with Gasteiger partial charge in [-0.05, 0) is 24.3 Å². The number of hydrogen-bond donors (Lipinski definition) is 0. The van der Waals surface area contributed by atoms with E-state index in [1.165, 1.54) is 0 Å². The lowest BCUT2D eigenvalue weighted by atomic mass is 10.0. The number of sulfone groups is 1. The molecule has 0 bridgehead atoms. The van der Waals surface area contributed by atoms with Gasteiger partial charge in [-0.15, -0.1) is 0 Å². The molecule has 0 unspecified atom stereocenters. The number of rotatable bonds is 4. The largest absolute Gasteiger partial charge is 0.347 e. The van der Waals surface area contributed by atoms with Gasteiger partial charge in [-0.1, -0.05) is 11.6 Å². The maximum absolute atomic E-state index is 12.3. The molecule has 0 aromatic heterocycles. The van der Waals surface area contributed by atoms with Crippen molar-refractivity contribution in [2.75, 3.05) is 38.6 Å². The summed E-state index contributed by atoms with van der Waals surface area (Å²) in [5, 5.41) is 0.539. The Balaban J connectivity index is 1.53. The van der Waals surface area contributed by atoms with Gasteiger partial charge in [-0.3, -0.25) is 0 Å². The molecule has 0 saturated carbocycles. The van der Waals surface area contributed by atoms with E-state index >= 15 is 0 Å². The smallest absolute Gasteiger partial charge is 0.179 e. The molecule has 0 atom stereocenters. The van der Waals surface area contributed by atoms with E-state index in [1.54, 1.807) is 24.3 Å². The molecule has 0 radical (unpaired) electrons. The number of likely N-dealkylation sites (tertiary alicyclic amines) is 1. The highest BCUT2D eigenvalue weighted by Gasteiger charge is 2.39. The van der Waals surface area contributed by atoms with Crippen molar-refractivity contribution in [1.29, 1.82) is 0 Å². The minimum absolute atomic E-state index is 0.114. The quantitative estimate of drug-likeness (QED) is 0.835. The monoisotopic (exact) mass is 345 g/mol. The van der Waals surface area contributed by atoms with Crippen molar-refractivity contribution in [2.24, 2.45) is 0 Å². The van der Waals surface area contributed by atoms with Gasteiger partial charge in [0.15, 0.2) is 15.6 Å². The summed E-state index contributed by atoms with van der Waals surface area (Å²) in [5.41, 5.74) is 0. The summed E-state index contributed by atoms with van der Waals surface area (Å²) in [4.78, 5) is 2.48. The van der Waals surface area contributed by atoms with Gasteiger partial charge in [-0.2, -0.15) is 0 Å². The molecule has 2 aliphatic heterocycles. The molecule has 2 heterocycles. The third-order valence-electron chi connectivity index (χ3n) is 4.28. The molecule has 2 aliphatic rings. The molecule has 5 nitrogen and oxygen atoms in total. The first-order valence-electron chi connectivity index (χ1n) is 7.48. The van der Waals surface area contributed by atoms with Crippen molar-refractivity contribution in [2.45, 2.75) is 23.5 Å². The lowest BCUT2D eigenvalue weighted by molar-refractivity contribution is -0.184. The Morgan fingerprint density at radius 2 is 1.68 bits per heavy atom. The summed E-state index contributed by atoms with van der Waals surface area (Å²) < 4.78 is 36.0. The molecule has 1 aromatic rings. The molecule has 2 fully saturated rings. The number of piperidine rings is 1. The fraction of sp³-hybridized carbons (Fsp3) is 0.600. The van der Waals surface area contributed by atoms with Crippen molar-refractivity contribution in [3.8, 4) is 0 Å². The zero-order chi connectivity index (χ0) is 15.6. The van der Waals surface area contributed by atoms with Crippen LogP contribution < -0.4 is 0 Å². The van der Waals surface area contributed by atoms with Crippen LogP contribution in [-0.4, -0.2) is 57.7 Å². The van der Waals surface area contributed by atoms with E-state index in [-0.39, 0.29) is 5.75 Å². The second kappa shape index (κ2) is 6.45. The zero-order valence-corrected chi connectivity index (χ0v) is 13.9. The van der Waals surface area contributed by atoms with E-state index in [0.717, 1.165) is 25.9 Å². The lowest BCUT2D eigenvalue weighted by Crippen LogP contribution is -2.46. The van der Waals surface area contributed by atoms with Gasteiger partial charge in [0.25, 0.3) is 0 Å². The number of ether oxygens (including phenoxy) is 2. The molecule has 3 rings (SSSR count). The molecule has 0 aliphatic carbocycles. The van der Waals surface area contributed by atoms with Gasteiger partial charge in [0.2, 0.25) is 0 Å². The normalized spacial score (nSPS) is 22.2. The highest BCUT2D eigenvalue weighted by Crippen LogP contribution is 2.31. The minimum Gasteiger partial charge on any atom is -0.347 e. The second-order valence-electron chi connectivity index (χ2n) is 5.72. The molecular formula is C15H20ClNO4S. The van der Waals surface area contributed by atoms with E-state index in [4.69, 9.17) is 21.1 Å². The average Bonchev–Trinajstić information content (AvgIpc) is 2.96. The molecule has 22 heavy (non-hydrogen) atoms. The van der Waals surface area contributed by atoms with Gasteiger partial charge < -0.3 is 14.4 Å². The van der Waals surface area contributed by atoms with E-state index in [0.29, 0.717) is 29.7 Å². The molecule has 0 amide bonds. The number of benzene rings is 1. The number of halogens is 1. The van der Waals surface area contributed by atoms with E-state index < -0.39 is 15.6 Å². The maximum Gasteiger partial charge on any atom is 0.179 e. The topological polar surface area (TPSA) is 55.8 Å². The number of nitrogens with zero attached hydrogens (tertiary/aromatic N) is 1. The SMILES string of the molecule is O=S(=O)(CCN1CCC2(CC1)OCCO2)c1ccc(Cl)cc1. The van der Waals surface area contributed by atoms with E-state index in [9.17, 15) is 8.42 Å². The van der Waals surface area contributed by atoms with Crippen LogP contribution in [0.2, 0.25) is 5.02 Å². The van der Waals surface area contributed by atoms with E-state index in [1.807, 2.05) is 0 Å². The average molecular weight is 346 g/mol. The molecule has 122 valence electrons. The van der Waals surface area contributed by atoms with Gasteiger partial charge in [0.05, 0.1) is 23.9 Å². The van der Waals surface area contributed by atoms with Crippen molar-refractivity contribution in [3.63, 3.8) is 0 Å². The molecule has 0 N–H and O–H groups in total. The van der Waals surface area contributed by atoms with Gasteiger partial charge in [-0.25, -0.2) is 8.42 Å². The lowest BCUT2D eigenvalue weighted by Gasteiger charge is -2.37. The first kappa shape index (κ1) is 16.2. The Labute approximate surface area is 136 Å². The Kier molecular flexibility index (Phi) is 4.75. The van der Waals surface area contributed by atoms with Crippen molar-refractivity contribution in [3.05, 3.63) is 29.3 Å². The maximum atomic E-state index is 12.3. The molecule has 1 aromatic carbocycles. The van der Waals surface area contributed by atoms with Crippen LogP contribution in [0.1, 0.15) is 12.8 Å². The van der Waals surface area contributed by atoms with Crippen LogP contribution in [0.25, 0.3) is 0 Å². The summed E-state index contributed by atoms with van der Waals surface area (Å²) in [6.45, 7) is 3.45. The van der Waals surface area contributed by atoms with Gasteiger partial charge >= 0.3 is 0 Å². The van der Waals surface area contributed by atoms with Crippen LogP contribution in [0.15, 0.2) is 29.2 Å². The van der Waals surface area contributed by atoms with Crippen molar-refractivity contribution >= 4 is 21.4 Å². The Bertz CT molecular complexity index is 601. The van der Waals surface area contributed by atoms with Crippen LogP contribution in [0.4, 0.5) is 0 Å².